The molecule has 0 spiro atoms. The van der Waals surface area contributed by atoms with E-state index in [-0.39, 0.29) is 16.8 Å². The number of carbonyl (C=O) groups is 1. The minimum atomic E-state index is -4.64. The van der Waals surface area contributed by atoms with Crippen LogP contribution in [-0.2, 0) is 26.0 Å². The van der Waals surface area contributed by atoms with Gasteiger partial charge in [0.15, 0.2) is 6.10 Å². The van der Waals surface area contributed by atoms with Crippen LogP contribution in [0.3, 0.4) is 0 Å². The van der Waals surface area contributed by atoms with E-state index in [0.717, 1.165) is 24.2 Å². The Kier molecular flexibility index (Phi) is 8.19. The fraction of sp³-hybridized carbons (Fsp3) is 0.500. The molecule has 2 aromatic rings. The van der Waals surface area contributed by atoms with Gasteiger partial charge in [-0.3, -0.25) is 4.72 Å². The Balaban J connectivity index is 2.20. The highest BCUT2D eigenvalue weighted by molar-refractivity contribution is 7.92. The van der Waals surface area contributed by atoms with E-state index in [1.807, 2.05) is 12.1 Å². The summed E-state index contributed by atoms with van der Waals surface area (Å²) in [4.78, 5) is 12.5. The summed E-state index contributed by atoms with van der Waals surface area (Å²) < 4.78 is 76.8. The van der Waals surface area contributed by atoms with E-state index < -0.39 is 46.0 Å². The first-order valence-corrected chi connectivity index (χ1v) is 13.5. The molecule has 1 heterocycles. The Labute approximate surface area is 215 Å². The van der Waals surface area contributed by atoms with E-state index in [9.17, 15) is 31.5 Å². The summed E-state index contributed by atoms with van der Waals surface area (Å²) in [6, 6.07) is 7.04. The second-order valence-corrected chi connectivity index (χ2v) is 12.0. The van der Waals surface area contributed by atoms with E-state index in [1.54, 1.807) is 33.8 Å². The largest absolute Gasteiger partial charge is 0.493 e. The second kappa shape index (κ2) is 10.5. The Morgan fingerprint density at radius 2 is 1.86 bits per heavy atom. The smallest absolute Gasteiger partial charge is 0.390 e. The van der Waals surface area contributed by atoms with Crippen LogP contribution in [0, 0.1) is 13.8 Å². The van der Waals surface area contributed by atoms with E-state index in [0.29, 0.717) is 23.3 Å². The van der Waals surface area contributed by atoms with Gasteiger partial charge in [0.2, 0.25) is 10.0 Å². The van der Waals surface area contributed by atoms with Gasteiger partial charge in [-0.05, 0) is 93.5 Å². The van der Waals surface area contributed by atoms with Crippen molar-refractivity contribution in [2.45, 2.75) is 71.8 Å². The first kappa shape index (κ1) is 28.8. The van der Waals surface area contributed by atoms with Crippen LogP contribution in [0.15, 0.2) is 24.3 Å². The zero-order chi connectivity index (χ0) is 27.8. The van der Waals surface area contributed by atoms with Crippen molar-refractivity contribution in [2.24, 2.45) is 0 Å². The predicted molar refractivity (Wildman–Crippen MR) is 134 cm³/mol. The topological polar surface area (TPSA) is 102 Å². The number of nitrogens with one attached hydrogen (secondary N) is 1. The Hall–Kier alpha value is -2.79. The number of halogens is 3. The number of benzene rings is 2. The first-order valence-electron chi connectivity index (χ1n) is 11.9. The van der Waals surface area contributed by atoms with Crippen LogP contribution in [0.25, 0.3) is 11.1 Å². The molecule has 0 bridgehead atoms. The molecule has 1 atom stereocenters. The number of rotatable bonds is 8. The summed E-state index contributed by atoms with van der Waals surface area (Å²) in [5.74, 6) is -1.68. The van der Waals surface area contributed by atoms with Gasteiger partial charge in [-0.2, -0.15) is 13.2 Å². The zero-order valence-corrected chi connectivity index (χ0v) is 22.3. The Morgan fingerprint density at radius 3 is 2.46 bits per heavy atom. The average Bonchev–Trinajstić information content (AvgIpc) is 2.77. The molecule has 0 amide bonds. The minimum Gasteiger partial charge on any atom is -0.493 e. The molecular formula is C26H32F3NO6S. The number of anilines is 1. The molecule has 2 N–H and O–H groups in total. The molecular weight excluding hydrogens is 511 g/mol. The highest BCUT2D eigenvalue weighted by atomic mass is 32.2. The fourth-order valence-electron chi connectivity index (χ4n) is 4.33. The van der Waals surface area contributed by atoms with Gasteiger partial charge in [0.1, 0.15) is 5.75 Å². The second-order valence-electron chi connectivity index (χ2n) is 10.2. The molecule has 0 saturated heterocycles. The third-order valence-electron chi connectivity index (χ3n) is 5.91. The van der Waals surface area contributed by atoms with Crippen LogP contribution in [0.5, 0.6) is 5.75 Å². The number of aliphatic carboxylic acids is 1. The molecule has 0 aromatic heterocycles. The number of carboxylic acid groups (broad SMARTS) is 1. The SMILES string of the molecule is Cc1cc(NS(=O)(=O)CCC(F)(F)F)c(C)c(C(OC(C)(C)C)C(=O)O)c1-c1ccc2c(c1)CCCO2. The van der Waals surface area contributed by atoms with Crippen molar-refractivity contribution in [3.63, 3.8) is 0 Å². The number of fused-ring (bicyclic) bond motifs is 1. The van der Waals surface area contributed by atoms with Crippen LogP contribution < -0.4 is 9.46 Å². The zero-order valence-electron chi connectivity index (χ0n) is 21.5. The molecule has 0 radical (unpaired) electrons. The highest BCUT2D eigenvalue weighted by Gasteiger charge is 2.34. The lowest BCUT2D eigenvalue weighted by molar-refractivity contribution is -0.160. The lowest BCUT2D eigenvalue weighted by Crippen LogP contribution is -2.29. The van der Waals surface area contributed by atoms with Gasteiger partial charge in [-0.25, -0.2) is 13.2 Å². The van der Waals surface area contributed by atoms with Gasteiger partial charge in [0, 0.05) is 5.56 Å². The lowest BCUT2D eigenvalue weighted by atomic mass is 9.86. The van der Waals surface area contributed by atoms with Crippen molar-refractivity contribution in [1.82, 2.24) is 0 Å². The number of aryl methyl sites for hydroxylation is 2. The molecule has 0 aliphatic carbocycles. The van der Waals surface area contributed by atoms with Crippen molar-refractivity contribution in [3.05, 3.63) is 46.5 Å². The number of alkyl halides is 3. The van der Waals surface area contributed by atoms with Crippen molar-refractivity contribution in [1.29, 1.82) is 0 Å². The Morgan fingerprint density at radius 1 is 1.19 bits per heavy atom. The molecule has 7 nitrogen and oxygen atoms in total. The normalized spacial score (nSPS) is 15.0. The van der Waals surface area contributed by atoms with Gasteiger partial charge in [-0.1, -0.05) is 6.07 Å². The molecule has 0 saturated carbocycles. The summed E-state index contributed by atoms with van der Waals surface area (Å²) in [5, 5.41) is 10.2. The third kappa shape index (κ3) is 7.38. The molecule has 11 heteroatoms. The maximum Gasteiger partial charge on any atom is 0.390 e. The van der Waals surface area contributed by atoms with Gasteiger partial charge >= 0.3 is 12.1 Å². The summed E-state index contributed by atoms with van der Waals surface area (Å²) >= 11 is 0. The van der Waals surface area contributed by atoms with Crippen molar-refractivity contribution in [2.75, 3.05) is 17.1 Å². The number of sulfonamides is 1. The van der Waals surface area contributed by atoms with Crippen LogP contribution in [0.2, 0.25) is 0 Å². The van der Waals surface area contributed by atoms with Gasteiger partial charge in [0.25, 0.3) is 0 Å². The number of carboxylic acids is 1. The van der Waals surface area contributed by atoms with Gasteiger partial charge in [-0.15, -0.1) is 0 Å². The minimum absolute atomic E-state index is 0.00322. The molecule has 1 aliphatic rings. The maximum absolute atomic E-state index is 12.7. The highest BCUT2D eigenvalue weighted by Crippen LogP contribution is 2.42. The van der Waals surface area contributed by atoms with E-state index in [2.05, 4.69) is 4.72 Å². The van der Waals surface area contributed by atoms with Crippen LogP contribution >= 0.6 is 0 Å². The van der Waals surface area contributed by atoms with Crippen LogP contribution in [-0.4, -0.2) is 43.6 Å². The molecule has 1 unspecified atom stereocenters. The first-order chi connectivity index (χ1) is 17.0. The lowest BCUT2D eigenvalue weighted by Gasteiger charge is -2.30. The fourth-order valence-corrected chi connectivity index (χ4v) is 5.48. The van der Waals surface area contributed by atoms with E-state index in [4.69, 9.17) is 9.47 Å². The van der Waals surface area contributed by atoms with Crippen molar-refractivity contribution < 1.29 is 41.0 Å². The van der Waals surface area contributed by atoms with Gasteiger partial charge < -0.3 is 14.6 Å². The van der Waals surface area contributed by atoms with Crippen molar-refractivity contribution >= 4 is 21.7 Å². The average molecular weight is 544 g/mol. The van der Waals surface area contributed by atoms with Crippen LogP contribution in [0.4, 0.5) is 18.9 Å². The molecule has 37 heavy (non-hydrogen) atoms. The maximum atomic E-state index is 12.7. The predicted octanol–water partition coefficient (Wildman–Crippen LogP) is 5.93. The van der Waals surface area contributed by atoms with Crippen molar-refractivity contribution in [3.8, 4) is 16.9 Å². The van der Waals surface area contributed by atoms with E-state index in [1.165, 1.54) is 13.0 Å². The summed E-state index contributed by atoms with van der Waals surface area (Å²) in [7, 11) is -4.37. The standard InChI is InChI=1S/C26H32F3NO6S/c1-15-13-19(30-37(33,34)12-10-26(27,28)29)16(2)22(23(24(31)32)36-25(3,4)5)21(15)18-8-9-20-17(14-18)7-6-11-35-20/h8-9,13-14,23,30H,6-7,10-12H2,1-5H3,(H,31,32). The number of hydrogen-bond acceptors (Lipinski definition) is 5. The quantitative estimate of drug-likeness (QED) is 0.428. The number of ether oxygens (including phenoxy) is 2. The summed E-state index contributed by atoms with van der Waals surface area (Å²) in [6.45, 7) is 8.93. The molecule has 0 fully saturated rings. The molecule has 2 aromatic carbocycles. The molecule has 3 rings (SSSR count). The molecule has 204 valence electrons. The molecule has 1 aliphatic heterocycles. The van der Waals surface area contributed by atoms with Crippen LogP contribution in [0.1, 0.15) is 62.0 Å². The van der Waals surface area contributed by atoms with Gasteiger partial charge in [0.05, 0.1) is 30.1 Å². The third-order valence-corrected chi connectivity index (χ3v) is 7.18. The Bertz CT molecular complexity index is 1280. The summed E-state index contributed by atoms with van der Waals surface area (Å²) in [5.41, 5.74) is 2.38. The summed E-state index contributed by atoms with van der Waals surface area (Å²) in [6.07, 6.45) is -5.99. The number of hydrogen-bond donors (Lipinski definition) is 2. The van der Waals surface area contributed by atoms with E-state index >= 15 is 0 Å². The monoisotopic (exact) mass is 543 g/mol.